The molecule has 1 aromatic rings. The fourth-order valence-corrected chi connectivity index (χ4v) is 1.21. The van der Waals surface area contributed by atoms with E-state index in [1.165, 1.54) is 0 Å². The van der Waals surface area contributed by atoms with Crippen molar-refractivity contribution in [3.8, 4) is 5.75 Å². The van der Waals surface area contributed by atoms with Crippen LogP contribution in [0.5, 0.6) is 5.75 Å². The standard InChI is InChI=1S/C12H19NO2/c1-10(14)11-5-4-6-12(9-11)15-8-7-13(2)3/h4-6,9-10,14H,7-8H2,1-3H3/t10-/m1/s1. The molecule has 0 fully saturated rings. The third-order valence-electron chi connectivity index (χ3n) is 2.15. The van der Waals surface area contributed by atoms with Gasteiger partial charge in [-0.25, -0.2) is 0 Å². The van der Waals surface area contributed by atoms with Gasteiger partial charge in [0.25, 0.3) is 0 Å². The fraction of sp³-hybridized carbons (Fsp3) is 0.500. The molecule has 0 saturated heterocycles. The lowest BCUT2D eigenvalue weighted by Gasteiger charge is -2.12. The number of aliphatic hydroxyl groups is 1. The highest BCUT2D eigenvalue weighted by Gasteiger charge is 2.02. The van der Waals surface area contributed by atoms with E-state index in [0.717, 1.165) is 17.9 Å². The van der Waals surface area contributed by atoms with Gasteiger partial charge in [-0.05, 0) is 38.7 Å². The Balaban J connectivity index is 2.50. The van der Waals surface area contributed by atoms with Crippen molar-refractivity contribution in [1.29, 1.82) is 0 Å². The van der Waals surface area contributed by atoms with Crippen LogP contribution in [0.25, 0.3) is 0 Å². The first-order valence-electron chi connectivity index (χ1n) is 5.15. The molecule has 0 radical (unpaired) electrons. The normalized spacial score (nSPS) is 12.9. The van der Waals surface area contributed by atoms with Crippen molar-refractivity contribution in [3.63, 3.8) is 0 Å². The highest BCUT2D eigenvalue weighted by molar-refractivity contribution is 5.29. The first-order chi connectivity index (χ1) is 7.09. The van der Waals surface area contributed by atoms with E-state index in [2.05, 4.69) is 4.90 Å². The smallest absolute Gasteiger partial charge is 0.119 e. The molecule has 0 aliphatic rings. The molecule has 0 saturated carbocycles. The van der Waals surface area contributed by atoms with Crippen LogP contribution in [0.3, 0.4) is 0 Å². The van der Waals surface area contributed by atoms with Gasteiger partial charge >= 0.3 is 0 Å². The van der Waals surface area contributed by atoms with Crippen LogP contribution in [0, 0.1) is 0 Å². The van der Waals surface area contributed by atoms with Crippen LogP contribution in [0.1, 0.15) is 18.6 Å². The zero-order chi connectivity index (χ0) is 11.3. The summed E-state index contributed by atoms with van der Waals surface area (Å²) in [5.74, 6) is 0.815. The van der Waals surface area contributed by atoms with Gasteiger partial charge in [-0.2, -0.15) is 0 Å². The summed E-state index contributed by atoms with van der Waals surface area (Å²) < 4.78 is 5.55. The van der Waals surface area contributed by atoms with Crippen molar-refractivity contribution < 1.29 is 9.84 Å². The van der Waals surface area contributed by atoms with Crippen molar-refractivity contribution in [1.82, 2.24) is 4.90 Å². The lowest BCUT2D eigenvalue weighted by molar-refractivity contribution is 0.198. The first-order valence-corrected chi connectivity index (χ1v) is 5.15. The van der Waals surface area contributed by atoms with Crippen molar-refractivity contribution in [2.45, 2.75) is 13.0 Å². The quantitative estimate of drug-likeness (QED) is 0.801. The van der Waals surface area contributed by atoms with Gasteiger partial charge in [-0.1, -0.05) is 12.1 Å². The van der Waals surface area contributed by atoms with Gasteiger partial charge in [0, 0.05) is 6.54 Å². The second-order valence-corrected chi connectivity index (χ2v) is 3.90. The molecule has 0 aromatic heterocycles. The van der Waals surface area contributed by atoms with E-state index < -0.39 is 6.10 Å². The van der Waals surface area contributed by atoms with E-state index in [1.807, 2.05) is 38.4 Å². The lowest BCUT2D eigenvalue weighted by atomic mass is 10.1. The predicted octanol–water partition coefficient (Wildman–Crippen LogP) is 1.68. The van der Waals surface area contributed by atoms with E-state index in [-0.39, 0.29) is 0 Å². The fourth-order valence-electron chi connectivity index (χ4n) is 1.21. The first kappa shape index (κ1) is 12.0. The van der Waals surface area contributed by atoms with Crippen molar-refractivity contribution in [2.75, 3.05) is 27.2 Å². The molecule has 1 aromatic carbocycles. The Morgan fingerprint density at radius 3 is 2.73 bits per heavy atom. The minimum absolute atomic E-state index is 0.442. The van der Waals surface area contributed by atoms with Crippen LogP contribution in [0.15, 0.2) is 24.3 Å². The van der Waals surface area contributed by atoms with Gasteiger partial charge in [-0.15, -0.1) is 0 Å². The molecule has 3 heteroatoms. The van der Waals surface area contributed by atoms with Gasteiger partial charge in [0.15, 0.2) is 0 Å². The van der Waals surface area contributed by atoms with Crippen LogP contribution in [0.2, 0.25) is 0 Å². The highest BCUT2D eigenvalue weighted by atomic mass is 16.5. The highest BCUT2D eigenvalue weighted by Crippen LogP contribution is 2.18. The van der Waals surface area contributed by atoms with Gasteiger partial charge < -0.3 is 14.7 Å². The monoisotopic (exact) mass is 209 g/mol. The molecule has 15 heavy (non-hydrogen) atoms. The molecule has 84 valence electrons. The predicted molar refractivity (Wildman–Crippen MR) is 61.1 cm³/mol. The molecule has 0 unspecified atom stereocenters. The Hall–Kier alpha value is -1.06. The molecule has 0 aliphatic carbocycles. The molecule has 1 atom stereocenters. The largest absolute Gasteiger partial charge is 0.492 e. The van der Waals surface area contributed by atoms with Crippen LogP contribution in [0.4, 0.5) is 0 Å². The molecule has 0 heterocycles. The van der Waals surface area contributed by atoms with Crippen LogP contribution in [-0.4, -0.2) is 37.3 Å². The molecule has 0 spiro atoms. The summed E-state index contributed by atoms with van der Waals surface area (Å²) in [7, 11) is 4.02. The minimum Gasteiger partial charge on any atom is -0.492 e. The van der Waals surface area contributed by atoms with Crippen molar-refractivity contribution >= 4 is 0 Å². The zero-order valence-corrected chi connectivity index (χ0v) is 9.60. The summed E-state index contributed by atoms with van der Waals surface area (Å²) in [6.07, 6.45) is -0.442. The second-order valence-electron chi connectivity index (χ2n) is 3.90. The van der Waals surface area contributed by atoms with Crippen LogP contribution < -0.4 is 4.74 Å². The average Bonchev–Trinajstić information content (AvgIpc) is 2.17. The Morgan fingerprint density at radius 1 is 1.40 bits per heavy atom. The van der Waals surface area contributed by atoms with E-state index in [9.17, 15) is 5.11 Å². The average molecular weight is 209 g/mol. The number of hydrogen-bond acceptors (Lipinski definition) is 3. The van der Waals surface area contributed by atoms with E-state index >= 15 is 0 Å². The summed E-state index contributed by atoms with van der Waals surface area (Å²) in [6, 6.07) is 7.57. The molecule has 1 N–H and O–H groups in total. The minimum atomic E-state index is -0.442. The summed E-state index contributed by atoms with van der Waals surface area (Å²) in [5, 5.41) is 9.40. The van der Waals surface area contributed by atoms with Gasteiger partial charge in [0.05, 0.1) is 6.10 Å². The van der Waals surface area contributed by atoms with E-state index in [0.29, 0.717) is 6.61 Å². The molecule has 0 amide bonds. The number of benzene rings is 1. The van der Waals surface area contributed by atoms with Crippen molar-refractivity contribution in [2.24, 2.45) is 0 Å². The number of rotatable bonds is 5. The number of ether oxygens (including phenoxy) is 1. The topological polar surface area (TPSA) is 32.7 Å². The van der Waals surface area contributed by atoms with Gasteiger partial charge in [-0.3, -0.25) is 0 Å². The Morgan fingerprint density at radius 2 is 2.13 bits per heavy atom. The zero-order valence-electron chi connectivity index (χ0n) is 9.60. The lowest BCUT2D eigenvalue weighted by Crippen LogP contribution is -2.19. The maximum atomic E-state index is 9.40. The summed E-state index contributed by atoms with van der Waals surface area (Å²) >= 11 is 0. The maximum absolute atomic E-state index is 9.40. The maximum Gasteiger partial charge on any atom is 0.119 e. The summed E-state index contributed by atoms with van der Waals surface area (Å²) in [6.45, 7) is 3.30. The summed E-state index contributed by atoms with van der Waals surface area (Å²) in [5.41, 5.74) is 0.886. The number of nitrogens with zero attached hydrogens (tertiary/aromatic N) is 1. The Bertz CT molecular complexity index is 297. The summed E-state index contributed by atoms with van der Waals surface area (Å²) in [4.78, 5) is 2.07. The van der Waals surface area contributed by atoms with Gasteiger partial charge in [0.2, 0.25) is 0 Å². The number of aliphatic hydroxyl groups excluding tert-OH is 1. The molecular weight excluding hydrogens is 190 g/mol. The molecule has 0 aliphatic heterocycles. The van der Waals surface area contributed by atoms with Crippen molar-refractivity contribution in [3.05, 3.63) is 29.8 Å². The van der Waals surface area contributed by atoms with Crippen LogP contribution in [-0.2, 0) is 0 Å². The molecule has 3 nitrogen and oxygen atoms in total. The Kier molecular flexibility index (Phi) is 4.59. The molecule has 1 rings (SSSR count). The van der Waals surface area contributed by atoms with E-state index in [1.54, 1.807) is 6.92 Å². The number of likely N-dealkylation sites (N-methyl/N-ethyl adjacent to an activating group) is 1. The third-order valence-corrected chi connectivity index (χ3v) is 2.15. The van der Waals surface area contributed by atoms with Gasteiger partial charge in [0.1, 0.15) is 12.4 Å². The molecular formula is C12H19NO2. The van der Waals surface area contributed by atoms with E-state index in [4.69, 9.17) is 4.74 Å². The van der Waals surface area contributed by atoms with Crippen LogP contribution >= 0.6 is 0 Å². The SMILES string of the molecule is C[C@@H](O)c1cccc(OCCN(C)C)c1. The molecule has 0 bridgehead atoms. The second kappa shape index (κ2) is 5.73. The number of hydrogen-bond donors (Lipinski definition) is 1. The third kappa shape index (κ3) is 4.32. The Labute approximate surface area is 91.3 Å².